The van der Waals surface area contributed by atoms with E-state index in [9.17, 15) is 52.7 Å². The maximum Gasteiger partial charge on any atom is 0.437 e. The average molecular weight is 344 g/mol. The van der Waals surface area contributed by atoms with Gasteiger partial charge >= 0.3 is 30.1 Å². The number of rotatable bonds is 1. The minimum absolute atomic E-state index is 1.83. The molecule has 0 aromatic carbocycles. The van der Waals surface area contributed by atoms with E-state index in [-0.39, 0.29) is 0 Å². The van der Waals surface area contributed by atoms with Crippen molar-refractivity contribution in [3.63, 3.8) is 0 Å². The lowest BCUT2D eigenvalue weighted by atomic mass is 9.81. The summed E-state index contributed by atoms with van der Waals surface area (Å²) in [5.74, 6) is -6.35. The highest BCUT2D eigenvalue weighted by molar-refractivity contribution is 5.19. The Kier molecular flexibility index (Phi) is 3.74. The molecule has 0 amide bonds. The topological polar surface area (TPSA) is 9.23 Å². The summed E-state index contributed by atoms with van der Waals surface area (Å²) in [6.45, 7) is -1.83. The molecule has 0 N–H and O–H groups in total. The van der Waals surface area contributed by atoms with Crippen LogP contribution < -0.4 is 0 Å². The lowest BCUT2D eigenvalue weighted by Gasteiger charge is -2.43. The molecule has 21 heavy (non-hydrogen) atoms. The van der Waals surface area contributed by atoms with Gasteiger partial charge < -0.3 is 4.74 Å². The summed E-state index contributed by atoms with van der Waals surface area (Å²) >= 11 is 0. The molecule has 126 valence electrons. The van der Waals surface area contributed by atoms with Crippen LogP contribution in [0.5, 0.6) is 0 Å². The average Bonchev–Trinajstić information content (AvgIpc) is 2.52. The third-order valence-corrected chi connectivity index (χ3v) is 2.93. The van der Waals surface area contributed by atoms with Gasteiger partial charge in [-0.15, -0.1) is 0 Å². The Hall–Kier alpha value is -0.880. The van der Waals surface area contributed by atoms with Crippen LogP contribution in [0.4, 0.5) is 52.7 Å². The first-order chi connectivity index (χ1) is 8.96. The zero-order valence-corrected chi connectivity index (χ0v) is 9.36. The quantitative estimate of drug-likeness (QED) is 0.649. The van der Waals surface area contributed by atoms with Crippen LogP contribution in [0.25, 0.3) is 0 Å². The van der Waals surface area contributed by atoms with E-state index in [0.717, 1.165) is 0 Å². The predicted octanol–water partition coefficient (Wildman–Crippen LogP) is 4.18. The van der Waals surface area contributed by atoms with Crippen LogP contribution in [-0.2, 0) is 4.74 Å². The van der Waals surface area contributed by atoms with Crippen molar-refractivity contribution in [2.24, 2.45) is 0 Å². The zero-order chi connectivity index (χ0) is 17.1. The Balaban J connectivity index is 3.65. The molecule has 0 aliphatic carbocycles. The molecule has 2 unspecified atom stereocenters. The Morgan fingerprint density at radius 1 is 0.714 bits per heavy atom. The van der Waals surface area contributed by atoms with E-state index >= 15 is 0 Å². The fourth-order valence-electron chi connectivity index (χ4n) is 1.83. The van der Waals surface area contributed by atoms with Crippen molar-refractivity contribution in [2.45, 2.75) is 42.1 Å². The third kappa shape index (κ3) is 2.06. The molecule has 13 heteroatoms. The minimum Gasteiger partial charge on any atom is -0.340 e. The van der Waals surface area contributed by atoms with Crippen LogP contribution >= 0.6 is 0 Å². The van der Waals surface area contributed by atoms with E-state index in [1.165, 1.54) is 0 Å². The minimum atomic E-state index is -7.24. The van der Waals surface area contributed by atoms with Crippen molar-refractivity contribution in [2.75, 3.05) is 6.61 Å². The Bertz CT molecular complexity index is 393. The normalized spacial score (nSPS) is 32.6. The van der Waals surface area contributed by atoms with E-state index in [1.807, 2.05) is 0 Å². The SMILES string of the molecule is FC(F)(F)C1(F)CCOC1(F)C(F)(C(F)(F)F)C(F)(F)F. The van der Waals surface area contributed by atoms with Crippen molar-refractivity contribution in [3.8, 4) is 0 Å². The second-order valence-corrected chi connectivity index (χ2v) is 4.15. The Labute approximate surface area is 107 Å². The van der Waals surface area contributed by atoms with E-state index < -0.39 is 48.7 Å². The van der Waals surface area contributed by atoms with Gasteiger partial charge in [-0.1, -0.05) is 0 Å². The highest BCUT2D eigenvalue weighted by atomic mass is 19.4. The molecule has 0 bridgehead atoms. The number of hydrogen-bond acceptors (Lipinski definition) is 1. The lowest BCUT2D eigenvalue weighted by molar-refractivity contribution is -0.443. The highest BCUT2D eigenvalue weighted by Gasteiger charge is 2.93. The molecule has 1 rings (SSSR count). The summed E-state index contributed by atoms with van der Waals surface area (Å²) in [5, 5.41) is 0. The summed E-state index contributed by atoms with van der Waals surface area (Å²) in [5.41, 5.74) is -13.0. The van der Waals surface area contributed by atoms with Gasteiger partial charge in [0.1, 0.15) is 0 Å². The number of hydrogen-bond donors (Lipinski definition) is 0. The summed E-state index contributed by atoms with van der Waals surface area (Å²) in [6, 6.07) is 0. The number of halogens is 12. The molecule has 1 fully saturated rings. The summed E-state index contributed by atoms with van der Waals surface area (Å²) in [7, 11) is 0. The van der Waals surface area contributed by atoms with Crippen molar-refractivity contribution in [1.29, 1.82) is 0 Å². The van der Waals surface area contributed by atoms with Crippen LogP contribution in [0.3, 0.4) is 0 Å². The van der Waals surface area contributed by atoms with E-state index in [2.05, 4.69) is 4.74 Å². The Morgan fingerprint density at radius 2 is 1.10 bits per heavy atom. The van der Waals surface area contributed by atoms with Crippen LogP contribution in [0, 0.1) is 0 Å². The molecule has 0 saturated carbocycles. The van der Waals surface area contributed by atoms with Crippen LogP contribution in [-0.4, -0.2) is 42.3 Å². The van der Waals surface area contributed by atoms with Gasteiger partial charge in [0, 0.05) is 6.42 Å². The van der Waals surface area contributed by atoms with E-state index in [0.29, 0.717) is 0 Å². The van der Waals surface area contributed by atoms with Crippen molar-refractivity contribution in [3.05, 3.63) is 0 Å². The maximum absolute atomic E-state index is 13.8. The Morgan fingerprint density at radius 3 is 1.38 bits per heavy atom. The fraction of sp³-hybridized carbons (Fsp3) is 1.00. The molecule has 1 aliphatic heterocycles. The molecule has 1 saturated heterocycles. The largest absolute Gasteiger partial charge is 0.437 e. The molecule has 0 aromatic rings. The zero-order valence-electron chi connectivity index (χ0n) is 9.36. The molecule has 1 nitrogen and oxygen atoms in total. The van der Waals surface area contributed by atoms with Crippen LogP contribution in [0.2, 0.25) is 0 Å². The molecule has 2 atom stereocenters. The summed E-state index contributed by atoms with van der Waals surface area (Å²) in [6.07, 6.45) is -23.3. The smallest absolute Gasteiger partial charge is 0.340 e. The first kappa shape index (κ1) is 18.2. The van der Waals surface area contributed by atoms with Crippen molar-refractivity contribution >= 4 is 0 Å². The molecule has 1 heterocycles. The van der Waals surface area contributed by atoms with Crippen molar-refractivity contribution < 1.29 is 57.4 Å². The van der Waals surface area contributed by atoms with Gasteiger partial charge in [0.2, 0.25) is 0 Å². The first-order valence-electron chi connectivity index (χ1n) is 4.86. The molecule has 0 spiro atoms. The summed E-state index contributed by atoms with van der Waals surface area (Å²) < 4.78 is 155. The molecular formula is C8H4F12O. The van der Waals surface area contributed by atoms with Gasteiger partial charge in [-0.2, -0.15) is 39.5 Å². The van der Waals surface area contributed by atoms with Gasteiger partial charge in [0.05, 0.1) is 6.61 Å². The first-order valence-corrected chi connectivity index (χ1v) is 4.86. The molecular weight excluding hydrogens is 340 g/mol. The molecule has 0 aromatic heterocycles. The van der Waals surface area contributed by atoms with E-state index in [1.54, 1.807) is 0 Å². The monoisotopic (exact) mass is 344 g/mol. The maximum atomic E-state index is 13.8. The lowest BCUT2D eigenvalue weighted by Crippen LogP contribution is -2.74. The van der Waals surface area contributed by atoms with Crippen LogP contribution in [0.15, 0.2) is 0 Å². The van der Waals surface area contributed by atoms with Gasteiger partial charge in [-0.25, -0.2) is 13.2 Å². The third-order valence-electron chi connectivity index (χ3n) is 2.93. The van der Waals surface area contributed by atoms with E-state index in [4.69, 9.17) is 0 Å². The van der Waals surface area contributed by atoms with Gasteiger partial charge in [0.15, 0.2) is 0 Å². The van der Waals surface area contributed by atoms with Crippen molar-refractivity contribution in [1.82, 2.24) is 0 Å². The second kappa shape index (κ2) is 4.32. The van der Waals surface area contributed by atoms with Gasteiger partial charge in [-0.3, -0.25) is 0 Å². The van der Waals surface area contributed by atoms with Gasteiger partial charge in [-0.05, 0) is 0 Å². The molecule has 1 aliphatic rings. The van der Waals surface area contributed by atoms with Crippen LogP contribution in [0.1, 0.15) is 6.42 Å². The van der Waals surface area contributed by atoms with Gasteiger partial charge in [0.25, 0.3) is 5.67 Å². The highest BCUT2D eigenvalue weighted by Crippen LogP contribution is 2.64. The second-order valence-electron chi connectivity index (χ2n) is 4.15. The molecule has 0 radical (unpaired) electrons. The summed E-state index contributed by atoms with van der Waals surface area (Å²) in [4.78, 5) is 0. The number of alkyl halides is 12. The number of ether oxygens (including phenoxy) is 1. The fourth-order valence-corrected chi connectivity index (χ4v) is 1.83. The standard InChI is InChI=1S/C8H4F12O/c9-3(6(12,13)14)1-2-21-5(3,11)4(10,7(15,16)17)8(18,19)20/h1-2H2. The predicted molar refractivity (Wildman–Crippen MR) is 40.3 cm³/mol.